The molecule has 0 aliphatic rings. The Labute approximate surface area is 57.6 Å². The van der Waals surface area contributed by atoms with Crippen molar-refractivity contribution in [2.75, 3.05) is 0 Å². The maximum Gasteiger partial charge on any atom is -0.00932 e. The fraction of sp³-hybridized carbons (Fsp3) is 0.444. The predicted molar refractivity (Wildman–Crippen MR) is 42.4 cm³/mol. The molecular formula is C9H14. The second-order valence-electron chi connectivity index (χ2n) is 1.90. The monoisotopic (exact) mass is 122 g/mol. The van der Waals surface area contributed by atoms with Crippen LogP contribution in [0.15, 0.2) is 30.5 Å². The van der Waals surface area contributed by atoms with Gasteiger partial charge in [-0.2, -0.15) is 0 Å². The minimum atomic E-state index is 0.976. The van der Waals surface area contributed by atoms with Crippen molar-refractivity contribution >= 4 is 0 Å². The molecule has 0 nitrogen and oxygen atoms in total. The van der Waals surface area contributed by atoms with Crippen molar-refractivity contribution in [2.24, 2.45) is 0 Å². The summed E-state index contributed by atoms with van der Waals surface area (Å²) in [5.41, 5.74) is 2.72. The van der Waals surface area contributed by atoms with Gasteiger partial charge in [0, 0.05) is 0 Å². The highest BCUT2D eigenvalue weighted by Gasteiger charge is 1.70. The van der Waals surface area contributed by atoms with Gasteiger partial charge in [-0.1, -0.05) is 32.1 Å². The lowest BCUT2D eigenvalue weighted by Gasteiger charge is -1.80. The van der Waals surface area contributed by atoms with Crippen LogP contribution in [0.3, 0.4) is 0 Å². The van der Waals surface area contributed by atoms with E-state index in [9.17, 15) is 0 Å². The van der Waals surface area contributed by atoms with Crippen molar-refractivity contribution in [3.8, 4) is 0 Å². The van der Waals surface area contributed by atoms with Gasteiger partial charge in [-0.25, -0.2) is 0 Å². The third-order valence-corrected chi connectivity index (χ3v) is 1.02. The van der Waals surface area contributed by atoms with Crippen LogP contribution in [0.4, 0.5) is 0 Å². The van der Waals surface area contributed by atoms with E-state index in [-0.39, 0.29) is 0 Å². The highest BCUT2D eigenvalue weighted by Crippen LogP contribution is 1.90. The van der Waals surface area contributed by atoms with Gasteiger partial charge in [0.2, 0.25) is 0 Å². The zero-order valence-electron chi connectivity index (χ0n) is 6.06. The maximum absolute atomic E-state index is 3.46. The van der Waals surface area contributed by atoms with E-state index in [2.05, 4.69) is 31.4 Å². The molecule has 9 heavy (non-hydrogen) atoms. The normalized spacial score (nSPS) is 9.44. The van der Waals surface area contributed by atoms with Crippen LogP contribution in [0.5, 0.6) is 0 Å². The largest absolute Gasteiger partial charge is 0.133 e. The van der Waals surface area contributed by atoms with Gasteiger partial charge in [0.05, 0.1) is 0 Å². The average molecular weight is 122 g/mol. The molecule has 0 spiro atoms. The van der Waals surface area contributed by atoms with Gasteiger partial charge in [0.1, 0.15) is 0 Å². The predicted octanol–water partition coefficient (Wildman–Crippen LogP) is 3.07. The molecule has 0 aromatic rings. The lowest BCUT2D eigenvalue weighted by Crippen LogP contribution is -1.60. The Morgan fingerprint density at radius 2 is 2.22 bits per heavy atom. The number of hydrogen-bond donors (Lipinski definition) is 0. The Hall–Kier alpha value is -0.740. The van der Waals surface area contributed by atoms with Crippen molar-refractivity contribution in [3.63, 3.8) is 0 Å². The topological polar surface area (TPSA) is 0 Å². The molecule has 0 atom stereocenters. The second kappa shape index (κ2) is 7.26. The van der Waals surface area contributed by atoms with Crippen molar-refractivity contribution in [1.29, 1.82) is 0 Å². The Morgan fingerprint density at radius 3 is 2.78 bits per heavy atom. The highest BCUT2D eigenvalue weighted by atomic mass is 13.8. The summed E-state index contributed by atoms with van der Waals surface area (Å²) in [7, 11) is 0. The van der Waals surface area contributed by atoms with Crippen molar-refractivity contribution in [3.05, 3.63) is 30.5 Å². The Kier molecular flexibility index (Phi) is 6.66. The smallest absolute Gasteiger partial charge is 0.00932 e. The molecule has 50 valence electrons. The quantitative estimate of drug-likeness (QED) is 0.397. The van der Waals surface area contributed by atoms with Gasteiger partial charge in [-0.05, 0) is 18.9 Å². The summed E-state index contributed by atoms with van der Waals surface area (Å²) in [6.07, 6.45) is 9.64. The van der Waals surface area contributed by atoms with Gasteiger partial charge >= 0.3 is 0 Å². The van der Waals surface area contributed by atoms with E-state index in [0.29, 0.717) is 0 Å². The maximum atomic E-state index is 3.46. The summed E-state index contributed by atoms with van der Waals surface area (Å²) >= 11 is 0. The minimum Gasteiger partial charge on any atom is -0.133 e. The molecule has 0 radical (unpaired) electrons. The fourth-order valence-corrected chi connectivity index (χ4v) is 0.532. The van der Waals surface area contributed by atoms with Crippen LogP contribution < -0.4 is 0 Å². The SMILES string of the molecule is C=C=CCC=CCCC. The van der Waals surface area contributed by atoms with Crippen molar-refractivity contribution in [1.82, 2.24) is 0 Å². The van der Waals surface area contributed by atoms with E-state index in [4.69, 9.17) is 0 Å². The van der Waals surface area contributed by atoms with E-state index in [0.717, 1.165) is 6.42 Å². The molecule has 0 aromatic heterocycles. The Bertz CT molecular complexity index is 114. The van der Waals surface area contributed by atoms with Crippen LogP contribution in [0.25, 0.3) is 0 Å². The van der Waals surface area contributed by atoms with Crippen LogP contribution in [-0.2, 0) is 0 Å². The number of allylic oxidation sites excluding steroid dienone is 3. The van der Waals surface area contributed by atoms with Gasteiger partial charge < -0.3 is 0 Å². The number of unbranched alkanes of at least 4 members (excludes halogenated alkanes) is 1. The molecule has 0 amide bonds. The van der Waals surface area contributed by atoms with Crippen LogP contribution in [0.2, 0.25) is 0 Å². The highest BCUT2D eigenvalue weighted by molar-refractivity contribution is 4.90. The van der Waals surface area contributed by atoms with Gasteiger partial charge in [-0.15, -0.1) is 5.73 Å². The Balaban J connectivity index is 3.14. The molecule has 0 bridgehead atoms. The van der Waals surface area contributed by atoms with Crippen molar-refractivity contribution in [2.45, 2.75) is 26.2 Å². The van der Waals surface area contributed by atoms with E-state index < -0.39 is 0 Å². The molecule has 0 aromatic carbocycles. The standard InChI is InChI=1S/C9H14/c1-3-5-7-9-8-6-4-2/h5,8-9H,1,4,6-7H2,2H3. The summed E-state index contributed by atoms with van der Waals surface area (Å²) in [6.45, 7) is 5.64. The van der Waals surface area contributed by atoms with E-state index in [1.54, 1.807) is 0 Å². The van der Waals surface area contributed by atoms with Crippen LogP contribution in [0, 0.1) is 0 Å². The van der Waals surface area contributed by atoms with Gasteiger partial charge in [0.15, 0.2) is 0 Å². The third kappa shape index (κ3) is 7.26. The summed E-state index contributed by atoms with van der Waals surface area (Å²) in [4.78, 5) is 0. The summed E-state index contributed by atoms with van der Waals surface area (Å²) in [6, 6.07) is 0. The molecule has 0 heterocycles. The molecule has 0 heteroatoms. The van der Waals surface area contributed by atoms with Crippen LogP contribution in [0.1, 0.15) is 26.2 Å². The van der Waals surface area contributed by atoms with Crippen LogP contribution in [-0.4, -0.2) is 0 Å². The number of hydrogen-bond acceptors (Lipinski definition) is 0. The lowest BCUT2D eigenvalue weighted by molar-refractivity contribution is 0.954. The minimum absolute atomic E-state index is 0.976. The zero-order valence-corrected chi connectivity index (χ0v) is 6.06. The first-order chi connectivity index (χ1) is 4.41. The van der Waals surface area contributed by atoms with Gasteiger partial charge in [0.25, 0.3) is 0 Å². The second-order valence-corrected chi connectivity index (χ2v) is 1.90. The molecule has 0 unspecified atom stereocenters. The summed E-state index contributed by atoms with van der Waals surface area (Å²) in [5.74, 6) is 0. The zero-order chi connectivity index (χ0) is 6.95. The molecule has 0 aliphatic heterocycles. The van der Waals surface area contributed by atoms with Crippen LogP contribution >= 0.6 is 0 Å². The average Bonchev–Trinajstić information content (AvgIpc) is 1.89. The van der Waals surface area contributed by atoms with E-state index in [1.807, 2.05) is 6.08 Å². The lowest BCUT2D eigenvalue weighted by atomic mass is 10.3. The molecule has 0 rings (SSSR count). The molecule has 0 N–H and O–H groups in total. The third-order valence-electron chi connectivity index (χ3n) is 1.02. The fourth-order valence-electron chi connectivity index (χ4n) is 0.532. The molecule has 0 aliphatic carbocycles. The van der Waals surface area contributed by atoms with E-state index in [1.165, 1.54) is 12.8 Å². The van der Waals surface area contributed by atoms with E-state index >= 15 is 0 Å². The Morgan fingerprint density at radius 1 is 1.44 bits per heavy atom. The molecule has 0 saturated carbocycles. The molecule has 0 saturated heterocycles. The van der Waals surface area contributed by atoms with Gasteiger partial charge in [-0.3, -0.25) is 0 Å². The first-order valence-electron chi connectivity index (χ1n) is 3.41. The molecular weight excluding hydrogens is 108 g/mol. The first kappa shape index (κ1) is 8.26. The molecule has 0 fully saturated rings. The first-order valence-corrected chi connectivity index (χ1v) is 3.41. The summed E-state index contributed by atoms with van der Waals surface area (Å²) < 4.78 is 0. The summed E-state index contributed by atoms with van der Waals surface area (Å²) in [5, 5.41) is 0. The van der Waals surface area contributed by atoms with Crippen molar-refractivity contribution < 1.29 is 0 Å². The number of rotatable bonds is 4.